The van der Waals surface area contributed by atoms with Crippen molar-refractivity contribution in [3.8, 4) is 5.69 Å². The van der Waals surface area contributed by atoms with Gasteiger partial charge in [-0.1, -0.05) is 30.3 Å². The van der Waals surface area contributed by atoms with Crippen LogP contribution in [-0.2, 0) is 22.5 Å². The first-order valence-corrected chi connectivity index (χ1v) is 10.4. The molecule has 2 heterocycles. The maximum absolute atomic E-state index is 12.6. The molecule has 1 amide bonds. The molecular formula is C24H28N4O2. The van der Waals surface area contributed by atoms with Crippen LogP contribution in [0.15, 0.2) is 67.0 Å². The monoisotopic (exact) mass is 404 g/mol. The van der Waals surface area contributed by atoms with Crippen molar-refractivity contribution in [1.29, 1.82) is 0 Å². The molecule has 0 saturated carbocycles. The first-order chi connectivity index (χ1) is 14.7. The largest absolute Gasteiger partial charge is 0.378 e. The van der Waals surface area contributed by atoms with Crippen molar-refractivity contribution >= 4 is 11.6 Å². The quantitative estimate of drug-likeness (QED) is 0.606. The van der Waals surface area contributed by atoms with Crippen molar-refractivity contribution in [2.45, 2.75) is 19.4 Å². The Morgan fingerprint density at radius 1 is 1.00 bits per heavy atom. The van der Waals surface area contributed by atoms with Crippen LogP contribution in [0.3, 0.4) is 0 Å². The molecule has 1 aliphatic rings. The summed E-state index contributed by atoms with van der Waals surface area (Å²) in [4.78, 5) is 16.7. The van der Waals surface area contributed by atoms with E-state index in [4.69, 9.17) is 4.74 Å². The average molecular weight is 405 g/mol. The predicted molar refractivity (Wildman–Crippen MR) is 118 cm³/mol. The van der Waals surface area contributed by atoms with Crippen molar-refractivity contribution in [3.05, 3.63) is 78.1 Å². The van der Waals surface area contributed by atoms with Crippen LogP contribution in [0.2, 0.25) is 0 Å². The fraction of sp³-hybridized carbons (Fsp3) is 0.333. The summed E-state index contributed by atoms with van der Waals surface area (Å²) in [6.45, 7) is 4.04. The number of para-hydroxylation sites is 1. The lowest BCUT2D eigenvalue weighted by Gasteiger charge is -2.29. The Morgan fingerprint density at radius 3 is 2.47 bits per heavy atom. The van der Waals surface area contributed by atoms with Crippen LogP contribution in [0.1, 0.15) is 17.5 Å². The van der Waals surface area contributed by atoms with E-state index in [0.717, 1.165) is 43.1 Å². The van der Waals surface area contributed by atoms with E-state index < -0.39 is 0 Å². The number of carbonyl (C=O) groups excluding carboxylic acids is 1. The van der Waals surface area contributed by atoms with Crippen LogP contribution in [0.25, 0.3) is 5.69 Å². The van der Waals surface area contributed by atoms with E-state index in [1.54, 1.807) is 4.90 Å². The van der Waals surface area contributed by atoms with Gasteiger partial charge in [-0.2, -0.15) is 5.10 Å². The molecule has 0 aliphatic carbocycles. The molecule has 0 radical (unpaired) electrons. The Kier molecular flexibility index (Phi) is 6.44. The van der Waals surface area contributed by atoms with Crippen LogP contribution < -0.4 is 4.90 Å². The number of benzene rings is 2. The molecule has 0 atom stereocenters. The molecular weight excluding hydrogens is 376 g/mol. The number of carbonyl (C=O) groups is 1. The number of aryl methyl sites for hydroxylation is 1. The summed E-state index contributed by atoms with van der Waals surface area (Å²) >= 11 is 0. The first-order valence-electron chi connectivity index (χ1n) is 10.4. The SMILES string of the molecule is CN(Cc1ccc(N2CCOCC2)cc1)C(=O)CCc1cnn(-c2ccccc2)c1. The minimum atomic E-state index is 0.139. The summed E-state index contributed by atoms with van der Waals surface area (Å²) in [6, 6.07) is 18.5. The zero-order chi connectivity index (χ0) is 20.8. The third-order valence-corrected chi connectivity index (χ3v) is 5.44. The van der Waals surface area contributed by atoms with Crippen molar-refractivity contribution in [2.75, 3.05) is 38.3 Å². The van der Waals surface area contributed by atoms with Gasteiger partial charge in [0.05, 0.1) is 25.1 Å². The number of amides is 1. The highest BCUT2D eigenvalue weighted by Crippen LogP contribution is 2.18. The van der Waals surface area contributed by atoms with Crippen LogP contribution in [0.5, 0.6) is 0 Å². The Labute approximate surface area is 177 Å². The number of morpholine rings is 1. The smallest absolute Gasteiger partial charge is 0.222 e. The van der Waals surface area contributed by atoms with Crippen molar-refractivity contribution in [2.24, 2.45) is 0 Å². The Bertz CT molecular complexity index is 947. The first kappa shape index (κ1) is 20.2. The molecule has 0 spiro atoms. The van der Waals surface area contributed by atoms with Gasteiger partial charge in [-0.3, -0.25) is 4.79 Å². The summed E-state index contributed by atoms with van der Waals surface area (Å²) in [5.74, 6) is 0.139. The minimum absolute atomic E-state index is 0.139. The van der Waals surface area contributed by atoms with E-state index in [0.29, 0.717) is 19.4 Å². The number of anilines is 1. The van der Waals surface area contributed by atoms with Gasteiger partial charge in [0.1, 0.15) is 0 Å². The number of hydrogen-bond acceptors (Lipinski definition) is 4. The highest BCUT2D eigenvalue weighted by molar-refractivity contribution is 5.76. The highest BCUT2D eigenvalue weighted by atomic mass is 16.5. The van der Waals surface area contributed by atoms with Crippen LogP contribution >= 0.6 is 0 Å². The molecule has 3 aromatic rings. The lowest BCUT2D eigenvalue weighted by Crippen LogP contribution is -2.36. The zero-order valence-electron chi connectivity index (χ0n) is 17.4. The van der Waals surface area contributed by atoms with E-state index in [1.165, 1.54) is 5.69 Å². The van der Waals surface area contributed by atoms with Gasteiger partial charge in [-0.15, -0.1) is 0 Å². The molecule has 0 bridgehead atoms. The maximum atomic E-state index is 12.6. The molecule has 6 heteroatoms. The summed E-state index contributed by atoms with van der Waals surface area (Å²) in [7, 11) is 1.87. The van der Waals surface area contributed by atoms with Gasteiger partial charge >= 0.3 is 0 Å². The standard InChI is InChI=1S/C24H28N4O2/c1-26(18-20-7-10-22(11-8-20)27-13-15-30-16-14-27)24(29)12-9-21-17-25-28(19-21)23-5-3-2-4-6-23/h2-8,10-11,17,19H,9,12-16,18H2,1H3. The second-order valence-corrected chi connectivity index (χ2v) is 7.64. The van der Waals surface area contributed by atoms with Crippen molar-refractivity contribution < 1.29 is 9.53 Å². The maximum Gasteiger partial charge on any atom is 0.222 e. The number of ether oxygens (including phenoxy) is 1. The van der Waals surface area contributed by atoms with E-state index in [1.807, 2.05) is 54.5 Å². The third-order valence-electron chi connectivity index (χ3n) is 5.44. The number of hydrogen-bond donors (Lipinski definition) is 0. The lowest BCUT2D eigenvalue weighted by molar-refractivity contribution is -0.130. The molecule has 1 fully saturated rings. The van der Waals surface area contributed by atoms with Crippen LogP contribution in [0.4, 0.5) is 5.69 Å². The summed E-state index contributed by atoms with van der Waals surface area (Å²) in [5.41, 5.74) is 4.44. The van der Waals surface area contributed by atoms with Gasteiger partial charge in [0, 0.05) is 45.0 Å². The fourth-order valence-electron chi connectivity index (χ4n) is 3.65. The van der Waals surface area contributed by atoms with E-state index in [-0.39, 0.29) is 5.91 Å². The third kappa shape index (κ3) is 5.07. The van der Waals surface area contributed by atoms with Gasteiger partial charge in [0.2, 0.25) is 5.91 Å². The number of aromatic nitrogens is 2. The summed E-state index contributed by atoms with van der Waals surface area (Å²) in [6.07, 6.45) is 4.99. The lowest BCUT2D eigenvalue weighted by atomic mass is 10.1. The Hall–Kier alpha value is -3.12. The molecule has 0 N–H and O–H groups in total. The average Bonchev–Trinajstić information content (AvgIpc) is 3.28. The topological polar surface area (TPSA) is 50.6 Å². The van der Waals surface area contributed by atoms with E-state index in [2.05, 4.69) is 34.3 Å². The molecule has 2 aromatic carbocycles. The van der Waals surface area contributed by atoms with Crippen LogP contribution in [0, 0.1) is 0 Å². The second kappa shape index (κ2) is 9.59. The summed E-state index contributed by atoms with van der Waals surface area (Å²) < 4.78 is 7.26. The minimum Gasteiger partial charge on any atom is -0.378 e. The molecule has 4 rings (SSSR count). The van der Waals surface area contributed by atoms with Crippen molar-refractivity contribution in [3.63, 3.8) is 0 Å². The predicted octanol–water partition coefficient (Wildman–Crippen LogP) is 3.30. The van der Waals surface area contributed by atoms with E-state index >= 15 is 0 Å². The summed E-state index contributed by atoms with van der Waals surface area (Å²) in [5, 5.41) is 4.40. The van der Waals surface area contributed by atoms with Gasteiger partial charge in [0.25, 0.3) is 0 Å². The van der Waals surface area contributed by atoms with Crippen LogP contribution in [-0.4, -0.2) is 53.9 Å². The zero-order valence-corrected chi connectivity index (χ0v) is 17.4. The molecule has 0 unspecified atom stereocenters. The van der Waals surface area contributed by atoms with E-state index in [9.17, 15) is 4.79 Å². The normalized spacial score (nSPS) is 14.0. The Morgan fingerprint density at radius 2 is 1.73 bits per heavy atom. The molecule has 1 aromatic heterocycles. The van der Waals surface area contributed by atoms with Gasteiger partial charge in [-0.25, -0.2) is 4.68 Å². The molecule has 6 nitrogen and oxygen atoms in total. The fourth-order valence-corrected chi connectivity index (χ4v) is 3.65. The Balaban J connectivity index is 1.27. The molecule has 1 saturated heterocycles. The molecule has 30 heavy (non-hydrogen) atoms. The van der Waals surface area contributed by atoms with Gasteiger partial charge in [-0.05, 0) is 41.8 Å². The van der Waals surface area contributed by atoms with Gasteiger partial charge < -0.3 is 14.5 Å². The molecule has 156 valence electrons. The van der Waals surface area contributed by atoms with Crippen molar-refractivity contribution in [1.82, 2.24) is 14.7 Å². The number of nitrogens with zero attached hydrogens (tertiary/aromatic N) is 4. The number of rotatable bonds is 7. The van der Waals surface area contributed by atoms with Gasteiger partial charge in [0.15, 0.2) is 0 Å². The highest BCUT2D eigenvalue weighted by Gasteiger charge is 2.13. The second-order valence-electron chi connectivity index (χ2n) is 7.64. The molecule has 1 aliphatic heterocycles.